The van der Waals surface area contributed by atoms with Gasteiger partial charge in [0.25, 0.3) is 17.7 Å². The summed E-state index contributed by atoms with van der Waals surface area (Å²) in [6, 6.07) is 21.3. The van der Waals surface area contributed by atoms with Crippen molar-refractivity contribution in [2.45, 2.75) is 19.3 Å². The van der Waals surface area contributed by atoms with Gasteiger partial charge in [0.15, 0.2) is 0 Å². The first-order valence-electron chi connectivity index (χ1n) is 10.9. The molecule has 6 heteroatoms. The number of pyridine rings is 1. The van der Waals surface area contributed by atoms with E-state index in [9.17, 15) is 14.4 Å². The number of nitrogens with one attached hydrogen (secondary N) is 1. The van der Waals surface area contributed by atoms with Gasteiger partial charge in [-0.25, -0.2) is 4.90 Å². The Morgan fingerprint density at radius 3 is 2.36 bits per heavy atom. The first-order valence-corrected chi connectivity index (χ1v) is 10.9. The lowest BCUT2D eigenvalue weighted by atomic mass is 10.0. The summed E-state index contributed by atoms with van der Waals surface area (Å²) in [5.74, 6) is -0.944. The Labute approximate surface area is 189 Å². The second-order valence-electron chi connectivity index (χ2n) is 8.28. The number of fused-ring (bicyclic) bond motifs is 3. The molecule has 0 spiro atoms. The summed E-state index contributed by atoms with van der Waals surface area (Å²) in [4.78, 5) is 45.0. The molecule has 1 aromatic heterocycles. The minimum Gasteiger partial charge on any atom is -0.322 e. The van der Waals surface area contributed by atoms with Crippen LogP contribution in [0.15, 0.2) is 72.8 Å². The Balaban J connectivity index is 1.36. The molecule has 0 saturated carbocycles. The summed E-state index contributed by atoms with van der Waals surface area (Å²) < 4.78 is 0. The van der Waals surface area contributed by atoms with Crippen LogP contribution in [-0.4, -0.2) is 22.7 Å². The number of rotatable bonds is 3. The fourth-order valence-electron chi connectivity index (χ4n) is 4.81. The zero-order chi connectivity index (χ0) is 22.5. The van der Waals surface area contributed by atoms with Gasteiger partial charge in [0.2, 0.25) is 0 Å². The van der Waals surface area contributed by atoms with E-state index in [-0.39, 0.29) is 17.7 Å². The molecule has 1 aliphatic heterocycles. The average Bonchev–Trinajstić information content (AvgIpc) is 3.40. The lowest BCUT2D eigenvalue weighted by molar-refractivity contribution is 0.0925. The third-order valence-electron chi connectivity index (χ3n) is 6.30. The highest BCUT2D eigenvalue weighted by Crippen LogP contribution is 2.32. The normalized spacial score (nSPS) is 14.5. The van der Waals surface area contributed by atoms with Crippen LogP contribution in [0.1, 0.15) is 48.8 Å². The standard InChI is InChI=1S/C27H19N3O3/c31-25(24-20-11-3-4-13-22(20)29-23-14-6-12-21(23)24)28-16-7-5-8-17(15-16)30-26(32)18-9-1-2-10-19(18)27(30)33/h1-5,7-11,13,15H,6,12,14H2,(H,28,31). The van der Waals surface area contributed by atoms with Gasteiger partial charge in [-0.2, -0.15) is 0 Å². The largest absolute Gasteiger partial charge is 0.322 e. The summed E-state index contributed by atoms with van der Waals surface area (Å²) in [7, 11) is 0. The number of hydrogen-bond donors (Lipinski definition) is 1. The monoisotopic (exact) mass is 433 g/mol. The van der Waals surface area contributed by atoms with Gasteiger partial charge >= 0.3 is 0 Å². The molecule has 1 aliphatic carbocycles. The molecule has 2 aliphatic rings. The van der Waals surface area contributed by atoms with Gasteiger partial charge in [0.1, 0.15) is 0 Å². The van der Waals surface area contributed by atoms with Crippen molar-refractivity contribution in [3.8, 4) is 0 Å². The summed E-state index contributed by atoms with van der Waals surface area (Å²) in [5, 5.41) is 3.80. The second kappa shape index (κ2) is 7.38. The topological polar surface area (TPSA) is 79.4 Å². The number of carbonyl (C=O) groups is 3. The number of carbonyl (C=O) groups excluding carboxylic acids is 3. The fourth-order valence-corrected chi connectivity index (χ4v) is 4.81. The quantitative estimate of drug-likeness (QED) is 0.472. The summed E-state index contributed by atoms with van der Waals surface area (Å²) in [5.41, 5.74) is 5.15. The number of aryl methyl sites for hydroxylation is 1. The van der Waals surface area contributed by atoms with Crippen molar-refractivity contribution in [1.82, 2.24) is 4.98 Å². The van der Waals surface area contributed by atoms with Crippen LogP contribution >= 0.6 is 0 Å². The number of hydrogen-bond acceptors (Lipinski definition) is 4. The van der Waals surface area contributed by atoms with Crippen molar-refractivity contribution in [3.05, 3.63) is 101 Å². The van der Waals surface area contributed by atoms with Crippen LogP contribution < -0.4 is 10.2 Å². The molecule has 160 valence electrons. The molecule has 0 bridgehead atoms. The smallest absolute Gasteiger partial charge is 0.266 e. The molecule has 1 N–H and O–H groups in total. The molecule has 3 amide bonds. The van der Waals surface area contributed by atoms with Crippen LogP contribution in [0.5, 0.6) is 0 Å². The predicted molar refractivity (Wildman–Crippen MR) is 126 cm³/mol. The minimum atomic E-state index is -0.364. The van der Waals surface area contributed by atoms with E-state index in [2.05, 4.69) is 5.32 Å². The van der Waals surface area contributed by atoms with Crippen molar-refractivity contribution in [1.29, 1.82) is 0 Å². The van der Waals surface area contributed by atoms with Crippen molar-refractivity contribution in [2.24, 2.45) is 0 Å². The molecule has 3 aromatic carbocycles. The van der Waals surface area contributed by atoms with E-state index in [4.69, 9.17) is 4.98 Å². The second-order valence-corrected chi connectivity index (χ2v) is 8.28. The maximum absolute atomic E-state index is 13.4. The van der Waals surface area contributed by atoms with E-state index in [1.807, 2.05) is 24.3 Å². The summed E-state index contributed by atoms with van der Waals surface area (Å²) in [6.45, 7) is 0. The number of nitrogens with zero attached hydrogens (tertiary/aromatic N) is 2. The van der Waals surface area contributed by atoms with E-state index >= 15 is 0 Å². The third-order valence-corrected chi connectivity index (χ3v) is 6.30. The molecule has 0 radical (unpaired) electrons. The minimum absolute atomic E-state index is 0.216. The molecule has 2 heterocycles. The summed E-state index contributed by atoms with van der Waals surface area (Å²) in [6.07, 6.45) is 2.68. The zero-order valence-electron chi connectivity index (χ0n) is 17.7. The SMILES string of the molecule is O=C(Nc1cccc(N2C(=O)c3ccccc3C2=O)c1)c1c2c(nc3ccccc13)CCC2. The molecule has 0 atom stereocenters. The Morgan fingerprint density at radius 1 is 0.848 bits per heavy atom. The van der Waals surface area contributed by atoms with Crippen LogP contribution in [0.3, 0.4) is 0 Å². The molecular weight excluding hydrogens is 414 g/mol. The molecule has 0 unspecified atom stereocenters. The number of para-hydroxylation sites is 1. The van der Waals surface area contributed by atoms with E-state index in [0.29, 0.717) is 28.1 Å². The van der Waals surface area contributed by atoms with Gasteiger partial charge in [-0.05, 0) is 61.2 Å². The molecule has 0 saturated heterocycles. The van der Waals surface area contributed by atoms with Crippen LogP contribution in [0.4, 0.5) is 11.4 Å². The van der Waals surface area contributed by atoms with Gasteiger partial charge in [-0.3, -0.25) is 19.4 Å². The van der Waals surface area contributed by atoms with Crippen LogP contribution in [0.25, 0.3) is 10.9 Å². The highest BCUT2D eigenvalue weighted by molar-refractivity contribution is 6.34. The highest BCUT2D eigenvalue weighted by Gasteiger charge is 2.36. The van der Waals surface area contributed by atoms with Crippen molar-refractivity contribution in [3.63, 3.8) is 0 Å². The predicted octanol–water partition coefficient (Wildman–Crippen LogP) is 4.78. The van der Waals surface area contributed by atoms with Crippen molar-refractivity contribution < 1.29 is 14.4 Å². The maximum Gasteiger partial charge on any atom is 0.266 e. The van der Waals surface area contributed by atoms with Gasteiger partial charge in [0.05, 0.1) is 27.9 Å². The fraction of sp³-hybridized carbons (Fsp3) is 0.111. The van der Waals surface area contributed by atoms with Crippen LogP contribution in [-0.2, 0) is 12.8 Å². The molecule has 6 rings (SSSR count). The van der Waals surface area contributed by atoms with Crippen molar-refractivity contribution in [2.75, 3.05) is 10.2 Å². The van der Waals surface area contributed by atoms with Gasteiger partial charge in [0, 0.05) is 16.8 Å². The Hall–Kier alpha value is -4.32. The van der Waals surface area contributed by atoms with Crippen LogP contribution in [0, 0.1) is 0 Å². The summed E-state index contributed by atoms with van der Waals surface area (Å²) >= 11 is 0. The number of amides is 3. The number of imide groups is 1. The average molecular weight is 433 g/mol. The van der Waals surface area contributed by atoms with E-state index in [1.54, 1.807) is 48.5 Å². The molecule has 33 heavy (non-hydrogen) atoms. The van der Waals surface area contributed by atoms with Crippen LogP contribution in [0.2, 0.25) is 0 Å². The highest BCUT2D eigenvalue weighted by atomic mass is 16.2. The lowest BCUT2D eigenvalue weighted by Crippen LogP contribution is -2.29. The molecule has 0 fully saturated rings. The number of anilines is 2. The number of aromatic nitrogens is 1. The maximum atomic E-state index is 13.4. The Bertz CT molecular complexity index is 1460. The molecular formula is C27H19N3O3. The van der Waals surface area contributed by atoms with E-state index in [1.165, 1.54) is 0 Å². The first kappa shape index (κ1) is 19.4. The van der Waals surface area contributed by atoms with Gasteiger partial charge in [-0.1, -0.05) is 36.4 Å². The molecule has 6 nitrogen and oxygen atoms in total. The van der Waals surface area contributed by atoms with Crippen molar-refractivity contribution >= 4 is 40.0 Å². The van der Waals surface area contributed by atoms with E-state index in [0.717, 1.165) is 46.3 Å². The Kier molecular flexibility index (Phi) is 4.33. The number of benzene rings is 3. The van der Waals surface area contributed by atoms with Gasteiger partial charge < -0.3 is 5.32 Å². The third kappa shape index (κ3) is 3.03. The Morgan fingerprint density at radius 2 is 1.58 bits per heavy atom. The lowest BCUT2D eigenvalue weighted by Gasteiger charge is -2.16. The van der Waals surface area contributed by atoms with E-state index < -0.39 is 0 Å². The van der Waals surface area contributed by atoms with Gasteiger partial charge in [-0.15, -0.1) is 0 Å². The first-order chi connectivity index (χ1) is 16.1. The zero-order valence-corrected chi connectivity index (χ0v) is 17.7. The molecule has 4 aromatic rings.